The molecule has 206 valence electrons. The second kappa shape index (κ2) is 12.5. The molecule has 4 heterocycles. The van der Waals surface area contributed by atoms with E-state index in [-0.39, 0.29) is 29.4 Å². The smallest absolute Gasteiger partial charge is 0.267 e. The van der Waals surface area contributed by atoms with Crippen LogP contribution >= 0.6 is 0 Å². The van der Waals surface area contributed by atoms with Crippen molar-refractivity contribution in [1.29, 1.82) is 0 Å². The van der Waals surface area contributed by atoms with Crippen LogP contribution in [0.25, 0.3) is 22.2 Å². The molecule has 3 aromatic heterocycles. The molecular formula is C29H30N6O5. The number of benzene rings is 1. The normalized spacial score (nSPS) is 15.9. The lowest BCUT2D eigenvalue weighted by molar-refractivity contribution is -0.123. The number of ketones is 1. The van der Waals surface area contributed by atoms with Gasteiger partial charge in [0.25, 0.3) is 11.8 Å². The number of methoxy groups -OCH3 is 1. The summed E-state index contributed by atoms with van der Waals surface area (Å²) in [5.41, 5.74) is 2.33. The molecule has 1 unspecified atom stereocenters. The van der Waals surface area contributed by atoms with E-state index in [2.05, 4.69) is 30.2 Å². The number of pyridine rings is 1. The molecule has 4 aromatic rings. The number of ether oxygens (including phenoxy) is 1. The van der Waals surface area contributed by atoms with Gasteiger partial charge in [-0.15, -0.1) is 0 Å². The number of amides is 2. The fourth-order valence-corrected chi connectivity index (χ4v) is 4.74. The number of Topliss-reactive ketones (excluding diaryl/α,β-unsaturated/α-hetero) is 1. The van der Waals surface area contributed by atoms with Crippen LogP contribution in [0, 0.1) is 0 Å². The predicted octanol–water partition coefficient (Wildman–Crippen LogP) is 4.41. The number of rotatable bonds is 12. The van der Waals surface area contributed by atoms with Crippen LogP contribution in [-0.2, 0) is 9.59 Å². The number of carbonyl (C=O) groups excluding carboxylic acids is 3. The quantitative estimate of drug-likeness (QED) is 0.152. The lowest BCUT2D eigenvalue weighted by atomic mass is 10.0. The van der Waals surface area contributed by atoms with Crippen LogP contribution in [0.15, 0.2) is 58.4 Å². The van der Waals surface area contributed by atoms with Gasteiger partial charge in [-0.2, -0.15) is 0 Å². The van der Waals surface area contributed by atoms with Crippen LogP contribution < -0.4 is 10.1 Å². The molecule has 40 heavy (non-hydrogen) atoms. The summed E-state index contributed by atoms with van der Waals surface area (Å²) in [6.07, 6.45) is 10.2. The number of aromatic nitrogens is 4. The van der Waals surface area contributed by atoms with E-state index in [9.17, 15) is 14.4 Å². The topological polar surface area (TPSA) is 152 Å². The van der Waals surface area contributed by atoms with E-state index in [1.807, 2.05) is 30.3 Å². The van der Waals surface area contributed by atoms with Crippen LogP contribution in [0.4, 0.5) is 0 Å². The zero-order valence-electron chi connectivity index (χ0n) is 22.1. The lowest BCUT2D eigenvalue weighted by Crippen LogP contribution is -2.32. The maximum absolute atomic E-state index is 12.6. The maximum atomic E-state index is 12.6. The van der Waals surface area contributed by atoms with Gasteiger partial charge in [0.1, 0.15) is 18.1 Å². The van der Waals surface area contributed by atoms with Crippen LogP contribution in [0.1, 0.15) is 67.4 Å². The van der Waals surface area contributed by atoms with Crippen LogP contribution in [0.3, 0.4) is 0 Å². The minimum atomic E-state index is -0.592. The Hall–Kier alpha value is -4.67. The third-order valence-corrected chi connectivity index (χ3v) is 6.88. The first kappa shape index (κ1) is 26.9. The molecule has 0 bridgehead atoms. The van der Waals surface area contributed by atoms with Crippen molar-refractivity contribution in [3.05, 3.63) is 60.7 Å². The molecule has 11 nitrogen and oxygen atoms in total. The number of nitrogens with one attached hydrogen (secondary N) is 2. The van der Waals surface area contributed by atoms with Gasteiger partial charge < -0.3 is 19.5 Å². The van der Waals surface area contributed by atoms with Crippen molar-refractivity contribution in [3.8, 4) is 17.1 Å². The van der Waals surface area contributed by atoms with Crippen molar-refractivity contribution in [2.45, 2.75) is 56.9 Å². The molecule has 2 atom stereocenters. The number of oxazole rings is 1. The number of hydrogen-bond donors (Lipinski definition) is 2. The van der Waals surface area contributed by atoms with Gasteiger partial charge in [-0.25, -0.2) is 19.9 Å². The fourth-order valence-electron chi connectivity index (χ4n) is 4.74. The van der Waals surface area contributed by atoms with E-state index in [1.165, 1.54) is 12.5 Å². The number of para-hydroxylation sites is 1. The Balaban J connectivity index is 1.30. The summed E-state index contributed by atoms with van der Waals surface area (Å²) in [7, 11) is 1.58. The van der Waals surface area contributed by atoms with Crippen molar-refractivity contribution in [2.24, 2.45) is 4.99 Å². The van der Waals surface area contributed by atoms with Gasteiger partial charge in [0.05, 0.1) is 42.2 Å². The van der Waals surface area contributed by atoms with Gasteiger partial charge in [0, 0.05) is 24.4 Å². The standard InChI is InChI=1S/C29H30N6O5/c1-39-28-20(15-18-7-5-6-9-21(18)35-28)23-17-31-26(34-23)19(16-32-27(38)22-11-12-25(37)33-22)8-3-2-4-10-24(36)29-30-13-14-40-29/h5-7,9,13-17,19,22H,2-4,8,10-12H2,1H3,(H,31,34)(H,33,37)/t19?,22-/m0/s1. The number of nitrogens with zero attached hydrogens (tertiary/aromatic N) is 4. The Kier molecular flexibility index (Phi) is 8.38. The van der Waals surface area contributed by atoms with Crippen LogP contribution in [0.2, 0.25) is 0 Å². The first-order valence-electron chi connectivity index (χ1n) is 13.3. The number of aromatic amines is 1. The zero-order chi connectivity index (χ0) is 27.9. The largest absolute Gasteiger partial charge is 0.480 e. The molecule has 5 rings (SSSR count). The van der Waals surface area contributed by atoms with E-state index < -0.39 is 6.04 Å². The Bertz CT molecular complexity index is 1530. The molecule has 0 radical (unpaired) electrons. The van der Waals surface area contributed by atoms with Gasteiger partial charge in [0.2, 0.25) is 17.6 Å². The molecule has 0 aliphatic carbocycles. The fraction of sp³-hybridized carbons (Fsp3) is 0.345. The van der Waals surface area contributed by atoms with Crippen LogP contribution in [0.5, 0.6) is 5.88 Å². The molecule has 1 aliphatic rings. The predicted molar refractivity (Wildman–Crippen MR) is 147 cm³/mol. The average molecular weight is 543 g/mol. The van der Waals surface area contributed by atoms with E-state index in [1.54, 1.807) is 19.5 Å². The highest BCUT2D eigenvalue weighted by Crippen LogP contribution is 2.32. The molecule has 2 N–H and O–H groups in total. The Morgan fingerprint density at radius 1 is 1.23 bits per heavy atom. The first-order chi connectivity index (χ1) is 19.5. The summed E-state index contributed by atoms with van der Waals surface area (Å²) < 4.78 is 10.6. The summed E-state index contributed by atoms with van der Waals surface area (Å²) in [6.45, 7) is 0. The van der Waals surface area contributed by atoms with Crippen molar-refractivity contribution < 1.29 is 23.5 Å². The van der Waals surface area contributed by atoms with E-state index in [0.717, 1.165) is 35.0 Å². The first-order valence-corrected chi connectivity index (χ1v) is 13.3. The highest BCUT2D eigenvalue weighted by Gasteiger charge is 2.27. The van der Waals surface area contributed by atoms with Gasteiger partial charge in [0.15, 0.2) is 0 Å². The number of hydrogen-bond acceptors (Lipinski definition) is 8. The number of unbranched alkanes of at least 4 members (excludes halogenated alkanes) is 2. The zero-order valence-corrected chi connectivity index (χ0v) is 22.1. The average Bonchev–Trinajstić information content (AvgIpc) is 3.76. The summed E-state index contributed by atoms with van der Waals surface area (Å²) in [6, 6.07) is 9.19. The van der Waals surface area contributed by atoms with Gasteiger partial charge in [-0.3, -0.25) is 14.4 Å². The molecule has 1 aliphatic heterocycles. The summed E-state index contributed by atoms with van der Waals surface area (Å²) in [5.74, 6) is 0.328. The third-order valence-electron chi connectivity index (χ3n) is 6.88. The lowest BCUT2D eigenvalue weighted by Gasteiger charge is -2.11. The molecule has 1 aromatic carbocycles. The Morgan fingerprint density at radius 2 is 2.10 bits per heavy atom. The molecule has 2 amide bonds. The van der Waals surface area contributed by atoms with Crippen molar-refractivity contribution in [2.75, 3.05) is 7.11 Å². The monoisotopic (exact) mass is 542 g/mol. The Labute approximate surface area is 230 Å². The molecule has 0 spiro atoms. The number of H-pyrrole nitrogens is 1. The summed E-state index contributed by atoms with van der Waals surface area (Å²) in [5, 5.41) is 3.63. The minimum absolute atomic E-state index is 0.124. The molecule has 11 heteroatoms. The molecule has 1 fully saturated rings. The van der Waals surface area contributed by atoms with Gasteiger partial charge in [-0.1, -0.05) is 31.0 Å². The maximum Gasteiger partial charge on any atom is 0.267 e. The van der Waals surface area contributed by atoms with E-state index in [4.69, 9.17) is 9.15 Å². The van der Waals surface area contributed by atoms with E-state index >= 15 is 0 Å². The molecular weight excluding hydrogens is 512 g/mol. The number of imidazole rings is 1. The summed E-state index contributed by atoms with van der Waals surface area (Å²) >= 11 is 0. The van der Waals surface area contributed by atoms with Crippen molar-refractivity contribution in [3.63, 3.8) is 0 Å². The number of carbonyl (C=O) groups is 3. The van der Waals surface area contributed by atoms with Crippen molar-refractivity contribution in [1.82, 2.24) is 25.3 Å². The molecule has 1 saturated heterocycles. The second-order valence-corrected chi connectivity index (χ2v) is 9.66. The minimum Gasteiger partial charge on any atom is -0.480 e. The van der Waals surface area contributed by atoms with Crippen molar-refractivity contribution >= 4 is 34.7 Å². The highest BCUT2D eigenvalue weighted by molar-refractivity contribution is 5.95. The molecule has 0 saturated carbocycles. The van der Waals surface area contributed by atoms with Crippen LogP contribution in [-0.4, -0.2) is 56.9 Å². The Morgan fingerprint density at radius 3 is 2.88 bits per heavy atom. The third kappa shape index (κ3) is 6.31. The van der Waals surface area contributed by atoms with Gasteiger partial charge >= 0.3 is 0 Å². The number of fused-ring (bicyclic) bond motifs is 1. The highest BCUT2D eigenvalue weighted by atomic mass is 16.5. The second-order valence-electron chi connectivity index (χ2n) is 9.66. The van der Waals surface area contributed by atoms with Gasteiger partial charge in [-0.05, 0) is 31.4 Å². The number of aliphatic imine (C=N–C) groups is 1. The summed E-state index contributed by atoms with van der Waals surface area (Å²) in [4.78, 5) is 57.0. The SMILES string of the molecule is COc1nc2ccccc2cc1-c1cnc(C(C=NC(=O)[C@@H]2CCC(=O)N2)CCCCCC(=O)c2ncco2)[nH]1. The van der Waals surface area contributed by atoms with E-state index in [0.29, 0.717) is 43.8 Å².